The van der Waals surface area contributed by atoms with E-state index in [-0.39, 0.29) is 9.92 Å². The topological polar surface area (TPSA) is 120 Å². The van der Waals surface area contributed by atoms with Gasteiger partial charge in [0.2, 0.25) is 0 Å². The van der Waals surface area contributed by atoms with Crippen LogP contribution in [0.3, 0.4) is 0 Å². The van der Waals surface area contributed by atoms with Crippen LogP contribution in [-0.2, 0) is 23.0 Å². The van der Waals surface area contributed by atoms with Crippen LogP contribution < -0.4 is 9.62 Å². The van der Waals surface area contributed by atoms with Crippen molar-refractivity contribution < 1.29 is 8.42 Å². The minimum Gasteiger partial charge on any atom is -0.350 e. The Morgan fingerprint density at radius 2 is 1.89 bits per heavy atom. The molecule has 0 amide bonds. The summed E-state index contributed by atoms with van der Waals surface area (Å²) in [5.74, 6) is 1.51. The van der Waals surface area contributed by atoms with Gasteiger partial charge in [-0.25, -0.2) is 18.4 Å². The molecule has 0 aliphatic carbocycles. The third kappa shape index (κ3) is 4.32. The lowest BCUT2D eigenvalue weighted by Gasteiger charge is -2.27. The summed E-state index contributed by atoms with van der Waals surface area (Å²) in [5, 5.41) is 7.91. The van der Waals surface area contributed by atoms with Crippen molar-refractivity contribution in [3.8, 4) is 11.5 Å². The summed E-state index contributed by atoms with van der Waals surface area (Å²) in [5.41, 5.74) is 7.73. The van der Waals surface area contributed by atoms with Crippen LogP contribution in [0, 0.1) is 13.8 Å². The summed E-state index contributed by atoms with van der Waals surface area (Å²) >= 11 is 6.06. The fourth-order valence-electron chi connectivity index (χ4n) is 4.60. The van der Waals surface area contributed by atoms with E-state index in [9.17, 15) is 8.42 Å². The number of rotatable bonds is 5. The maximum absolute atomic E-state index is 12.7. The molecule has 3 N–H and O–H groups in total. The number of pyridine rings is 1. The molecule has 188 valence electrons. The zero-order valence-corrected chi connectivity index (χ0v) is 21.8. The number of imidazole rings is 1. The molecule has 11 heteroatoms. The van der Waals surface area contributed by atoms with E-state index in [1.807, 2.05) is 0 Å². The van der Waals surface area contributed by atoms with Crippen LogP contribution in [0.15, 0.2) is 59.6 Å². The van der Waals surface area contributed by atoms with E-state index >= 15 is 0 Å². The number of halogens is 1. The van der Waals surface area contributed by atoms with Gasteiger partial charge in [-0.05, 0) is 67.8 Å². The van der Waals surface area contributed by atoms with Crippen molar-refractivity contribution in [2.24, 2.45) is 0 Å². The van der Waals surface area contributed by atoms with E-state index in [2.05, 4.69) is 55.8 Å². The van der Waals surface area contributed by atoms with Gasteiger partial charge in [0, 0.05) is 12.1 Å². The van der Waals surface area contributed by atoms with Crippen LogP contribution >= 0.6 is 11.6 Å². The molecular weight excluding hydrogens is 510 g/mol. The third-order valence-corrected chi connectivity index (χ3v) is 8.59. The lowest BCUT2D eigenvalue weighted by atomic mass is 10.0. The highest BCUT2D eigenvalue weighted by Crippen LogP contribution is 2.31. The number of fused-ring (bicyclic) bond motifs is 2. The predicted molar refractivity (Wildman–Crippen MR) is 144 cm³/mol. The second-order valence-electron chi connectivity index (χ2n) is 9.18. The molecule has 1 aliphatic heterocycles. The molecule has 0 radical (unpaired) electrons. The summed E-state index contributed by atoms with van der Waals surface area (Å²) < 4.78 is 27.9. The summed E-state index contributed by atoms with van der Waals surface area (Å²) in [7, 11) is -3.82. The van der Waals surface area contributed by atoms with Crippen LogP contribution in [0.1, 0.15) is 22.4 Å². The Bertz CT molecular complexity index is 1700. The van der Waals surface area contributed by atoms with Crippen LogP contribution in [0.25, 0.3) is 22.6 Å². The van der Waals surface area contributed by atoms with Crippen molar-refractivity contribution in [3.63, 3.8) is 0 Å². The molecule has 4 heterocycles. The molecule has 0 spiro atoms. The summed E-state index contributed by atoms with van der Waals surface area (Å²) in [6.07, 6.45) is 2.29. The number of nitrogens with one attached hydrogen (secondary N) is 3. The van der Waals surface area contributed by atoms with Crippen molar-refractivity contribution in [3.05, 3.63) is 82.1 Å². The maximum Gasteiger partial charge on any atom is 0.263 e. The maximum atomic E-state index is 12.7. The van der Waals surface area contributed by atoms with E-state index in [0.717, 1.165) is 52.6 Å². The number of hydrogen-bond donors (Lipinski definition) is 3. The summed E-state index contributed by atoms with van der Waals surface area (Å²) in [6, 6.07) is 14.0. The number of hydrogen-bond acceptors (Lipinski definition) is 6. The van der Waals surface area contributed by atoms with Crippen molar-refractivity contribution in [1.29, 1.82) is 0 Å². The molecule has 0 saturated carbocycles. The fraction of sp³-hybridized carbons (Fsp3) is 0.192. The van der Waals surface area contributed by atoms with Gasteiger partial charge in [0.05, 0.1) is 40.2 Å². The van der Waals surface area contributed by atoms with Crippen LogP contribution in [0.4, 0.5) is 11.5 Å². The minimum atomic E-state index is -3.82. The smallest absolute Gasteiger partial charge is 0.263 e. The molecule has 1 aliphatic rings. The molecule has 2 aromatic carbocycles. The fourth-order valence-corrected chi connectivity index (χ4v) is 6.16. The molecule has 0 fully saturated rings. The van der Waals surface area contributed by atoms with Gasteiger partial charge in [0.1, 0.15) is 16.4 Å². The number of sulfonamides is 1. The highest BCUT2D eigenvalue weighted by atomic mass is 35.5. The zero-order chi connectivity index (χ0) is 25.7. The number of benzene rings is 2. The standard InChI is InChI=1S/C26H24ClN7O2S/c1-15-11-20-21(12-16(15)2)30-26(29-20)25-18-9-10-34(14-22(18)31-32-25)24-8-7-17(13-28-24)33-37(35,36)23-6-4-3-5-19(23)27/h3-8,11-13,33H,9-10,14H2,1-2H3,(H,29,30)(H,31,32). The van der Waals surface area contributed by atoms with Gasteiger partial charge >= 0.3 is 0 Å². The molecule has 9 nitrogen and oxygen atoms in total. The number of aromatic nitrogens is 5. The Hall–Kier alpha value is -3.89. The molecule has 3 aromatic heterocycles. The van der Waals surface area contributed by atoms with Crippen LogP contribution in [-0.4, -0.2) is 40.1 Å². The number of aromatic amines is 2. The van der Waals surface area contributed by atoms with E-state index < -0.39 is 10.0 Å². The molecular formula is C26H24ClN7O2S. The average Bonchev–Trinajstić information content (AvgIpc) is 3.48. The van der Waals surface area contributed by atoms with Crippen molar-refractivity contribution in [2.45, 2.75) is 31.7 Å². The monoisotopic (exact) mass is 533 g/mol. The number of anilines is 2. The van der Waals surface area contributed by atoms with Gasteiger partial charge in [0.15, 0.2) is 5.82 Å². The summed E-state index contributed by atoms with van der Waals surface area (Å²) in [4.78, 5) is 14.8. The number of H-pyrrole nitrogens is 2. The predicted octanol–water partition coefficient (Wildman–Crippen LogP) is 4.98. The van der Waals surface area contributed by atoms with Crippen molar-refractivity contribution in [1.82, 2.24) is 25.1 Å². The lowest BCUT2D eigenvalue weighted by Crippen LogP contribution is -2.31. The molecule has 0 saturated heterocycles. The largest absolute Gasteiger partial charge is 0.350 e. The summed E-state index contributed by atoms with van der Waals surface area (Å²) in [6.45, 7) is 5.53. The van der Waals surface area contributed by atoms with Crippen molar-refractivity contribution >= 4 is 44.2 Å². The van der Waals surface area contributed by atoms with Gasteiger partial charge in [0.25, 0.3) is 10.0 Å². The first-order valence-electron chi connectivity index (χ1n) is 11.8. The van der Waals surface area contributed by atoms with E-state index in [4.69, 9.17) is 16.6 Å². The van der Waals surface area contributed by atoms with Crippen LogP contribution in [0.5, 0.6) is 0 Å². The normalized spacial score (nSPS) is 13.6. The zero-order valence-electron chi connectivity index (χ0n) is 20.2. The SMILES string of the molecule is Cc1cc2nc(-c3n[nH]c4c3CCN(c3ccc(NS(=O)(=O)c5ccccc5Cl)cn3)C4)[nH]c2cc1C. The Morgan fingerprint density at radius 1 is 1.08 bits per heavy atom. The highest BCUT2D eigenvalue weighted by Gasteiger charge is 2.25. The Balaban J connectivity index is 1.20. The lowest BCUT2D eigenvalue weighted by molar-refractivity contribution is 0.601. The van der Waals surface area contributed by atoms with Gasteiger partial charge < -0.3 is 9.88 Å². The second-order valence-corrected chi connectivity index (χ2v) is 11.2. The van der Waals surface area contributed by atoms with Gasteiger partial charge in [-0.3, -0.25) is 9.82 Å². The molecule has 0 unspecified atom stereocenters. The Labute approximate surface area is 219 Å². The average molecular weight is 534 g/mol. The van der Waals surface area contributed by atoms with E-state index in [1.165, 1.54) is 23.4 Å². The van der Waals surface area contributed by atoms with E-state index in [1.54, 1.807) is 30.3 Å². The quantitative estimate of drug-likeness (QED) is 0.293. The Morgan fingerprint density at radius 3 is 2.68 bits per heavy atom. The number of aryl methyl sites for hydroxylation is 2. The van der Waals surface area contributed by atoms with E-state index in [0.29, 0.717) is 12.2 Å². The van der Waals surface area contributed by atoms with Gasteiger partial charge in [-0.1, -0.05) is 23.7 Å². The molecule has 0 atom stereocenters. The Kier molecular flexibility index (Phi) is 5.65. The molecule has 37 heavy (non-hydrogen) atoms. The van der Waals surface area contributed by atoms with Gasteiger partial charge in [-0.15, -0.1) is 0 Å². The minimum absolute atomic E-state index is 0.0223. The van der Waals surface area contributed by atoms with Crippen molar-refractivity contribution in [2.75, 3.05) is 16.2 Å². The number of nitrogens with zero attached hydrogens (tertiary/aromatic N) is 4. The second kappa shape index (κ2) is 8.89. The first-order valence-corrected chi connectivity index (χ1v) is 13.7. The molecule has 6 rings (SSSR count). The first kappa shape index (κ1) is 23.5. The highest BCUT2D eigenvalue weighted by molar-refractivity contribution is 7.92. The molecule has 0 bridgehead atoms. The third-order valence-electron chi connectivity index (χ3n) is 6.71. The molecule has 5 aromatic rings. The first-order chi connectivity index (χ1) is 17.8. The van der Waals surface area contributed by atoms with Crippen LogP contribution in [0.2, 0.25) is 5.02 Å². The van der Waals surface area contributed by atoms with Gasteiger partial charge in [-0.2, -0.15) is 5.10 Å².